The number of fused-ring (bicyclic) bond motifs is 1. The largest absolute Gasteiger partial charge is 0.496 e. The SMILES string of the molecule is COc1cc(OCc2ccccn2)ccc1/C=C/C(=O)CC(=O)/C=C/c1ccc2c(c1)OCCO2. The number of pyridine rings is 1. The van der Waals surface area contributed by atoms with Crippen LogP contribution >= 0.6 is 0 Å². The summed E-state index contributed by atoms with van der Waals surface area (Å²) in [7, 11) is 1.54. The Hall–Kier alpha value is -4.39. The van der Waals surface area contributed by atoms with Gasteiger partial charge in [0.05, 0.1) is 19.2 Å². The van der Waals surface area contributed by atoms with Gasteiger partial charge in [-0.15, -0.1) is 0 Å². The number of carbonyl (C=O) groups is 2. The number of carbonyl (C=O) groups excluding carboxylic acids is 2. The van der Waals surface area contributed by atoms with Crippen LogP contribution in [-0.4, -0.2) is 36.9 Å². The number of benzene rings is 2. The highest BCUT2D eigenvalue weighted by Gasteiger charge is 2.11. The highest BCUT2D eigenvalue weighted by atomic mass is 16.6. The minimum absolute atomic E-state index is 0.231. The highest BCUT2D eigenvalue weighted by Crippen LogP contribution is 2.31. The van der Waals surface area contributed by atoms with E-state index in [0.29, 0.717) is 48.4 Å². The lowest BCUT2D eigenvalue weighted by atomic mass is 10.1. The molecule has 1 aliphatic rings. The molecule has 7 heteroatoms. The summed E-state index contributed by atoms with van der Waals surface area (Å²) in [5.74, 6) is 1.90. The Kier molecular flexibility index (Phi) is 7.91. The molecule has 0 saturated carbocycles. The van der Waals surface area contributed by atoms with E-state index in [1.807, 2.05) is 24.3 Å². The van der Waals surface area contributed by atoms with E-state index in [1.54, 1.807) is 55.8 Å². The van der Waals surface area contributed by atoms with Gasteiger partial charge in [0.15, 0.2) is 23.1 Å². The number of aromatic nitrogens is 1. The lowest BCUT2D eigenvalue weighted by Crippen LogP contribution is -2.15. The fraction of sp³-hybridized carbons (Fsp3) is 0.179. The van der Waals surface area contributed by atoms with Gasteiger partial charge in [-0.3, -0.25) is 14.6 Å². The number of ketones is 2. The molecule has 4 rings (SSSR count). The molecule has 2 aromatic carbocycles. The maximum atomic E-state index is 12.3. The maximum Gasteiger partial charge on any atom is 0.163 e. The van der Waals surface area contributed by atoms with Crippen molar-refractivity contribution >= 4 is 23.7 Å². The van der Waals surface area contributed by atoms with Crippen molar-refractivity contribution in [2.45, 2.75) is 13.0 Å². The Labute approximate surface area is 203 Å². The smallest absolute Gasteiger partial charge is 0.163 e. The van der Waals surface area contributed by atoms with Gasteiger partial charge in [0.25, 0.3) is 0 Å². The van der Waals surface area contributed by atoms with E-state index in [2.05, 4.69) is 4.98 Å². The first kappa shape index (κ1) is 23.8. The highest BCUT2D eigenvalue weighted by molar-refractivity contribution is 6.11. The summed E-state index contributed by atoms with van der Waals surface area (Å²) in [6.07, 6.45) is 7.54. The number of hydrogen-bond acceptors (Lipinski definition) is 7. The fourth-order valence-electron chi connectivity index (χ4n) is 3.38. The predicted molar refractivity (Wildman–Crippen MR) is 132 cm³/mol. The summed E-state index contributed by atoms with van der Waals surface area (Å²) < 4.78 is 22.2. The van der Waals surface area contributed by atoms with Crippen molar-refractivity contribution in [3.63, 3.8) is 0 Å². The average Bonchev–Trinajstić information content (AvgIpc) is 2.90. The Bertz CT molecular complexity index is 1250. The Morgan fingerprint density at radius 3 is 2.51 bits per heavy atom. The van der Waals surface area contributed by atoms with E-state index in [1.165, 1.54) is 12.2 Å². The van der Waals surface area contributed by atoms with Gasteiger partial charge < -0.3 is 18.9 Å². The quantitative estimate of drug-likeness (QED) is 0.313. The molecule has 0 atom stereocenters. The monoisotopic (exact) mass is 471 g/mol. The minimum atomic E-state index is -0.306. The summed E-state index contributed by atoms with van der Waals surface area (Å²) in [4.78, 5) is 28.8. The molecule has 0 spiro atoms. The zero-order valence-corrected chi connectivity index (χ0v) is 19.3. The van der Waals surface area contributed by atoms with Crippen LogP contribution in [0.3, 0.4) is 0 Å². The fourth-order valence-corrected chi connectivity index (χ4v) is 3.38. The summed E-state index contributed by atoms with van der Waals surface area (Å²) in [5, 5.41) is 0. The van der Waals surface area contributed by atoms with Crippen molar-refractivity contribution in [3.8, 4) is 23.0 Å². The number of allylic oxidation sites excluding steroid dienone is 2. The van der Waals surface area contributed by atoms with E-state index < -0.39 is 0 Å². The molecule has 0 amide bonds. The van der Waals surface area contributed by atoms with Crippen LogP contribution in [0.4, 0.5) is 0 Å². The topological polar surface area (TPSA) is 84.0 Å². The second kappa shape index (κ2) is 11.7. The molecule has 0 radical (unpaired) electrons. The van der Waals surface area contributed by atoms with Crippen molar-refractivity contribution in [2.75, 3.05) is 20.3 Å². The van der Waals surface area contributed by atoms with Gasteiger partial charge in [-0.25, -0.2) is 0 Å². The van der Waals surface area contributed by atoms with Crippen LogP contribution in [0.1, 0.15) is 23.2 Å². The standard InChI is InChI=1S/C28H25NO6/c1-32-27-18-25(35-19-22-4-2-3-13-29-22)11-8-21(27)7-10-24(31)17-23(30)9-5-20-6-12-26-28(16-20)34-15-14-33-26/h2-13,16,18H,14-15,17,19H2,1H3/b9-5+,10-7+. The zero-order chi connectivity index (χ0) is 24.5. The van der Waals surface area contributed by atoms with Gasteiger partial charge >= 0.3 is 0 Å². The number of hydrogen-bond donors (Lipinski definition) is 0. The van der Waals surface area contributed by atoms with Crippen molar-refractivity contribution < 1.29 is 28.5 Å². The van der Waals surface area contributed by atoms with Crippen molar-refractivity contribution in [1.29, 1.82) is 0 Å². The van der Waals surface area contributed by atoms with Gasteiger partial charge in [-0.1, -0.05) is 18.2 Å². The van der Waals surface area contributed by atoms with Crippen molar-refractivity contribution in [3.05, 3.63) is 89.8 Å². The van der Waals surface area contributed by atoms with Gasteiger partial charge in [-0.2, -0.15) is 0 Å². The van der Waals surface area contributed by atoms with E-state index in [-0.39, 0.29) is 18.0 Å². The first-order chi connectivity index (χ1) is 17.1. The van der Waals surface area contributed by atoms with Crippen LogP contribution in [0.15, 0.2) is 72.9 Å². The molecule has 0 unspecified atom stereocenters. The molecule has 0 bridgehead atoms. The third-order valence-electron chi connectivity index (χ3n) is 5.14. The van der Waals surface area contributed by atoms with Crippen LogP contribution < -0.4 is 18.9 Å². The van der Waals surface area contributed by atoms with E-state index >= 15 is 0 Å². The summed E-state index contributed by atoms with van der Waals surface area (Å²) >= 11 is 0. The van der Waals surface area contributed by atoms with Gasteiger partial charge in [0, 0.05) is 17.8 Å². The number of methoxy groups -OCH3 is 1. The van der Waals surface area contributed by atoms with Crippen LogP contribution in [0.25, 0.3) is 12.2 Å². The third kappa shape index (κ3) is 6.80. The van der Waals surface area contributed by atoms with Crippen LogP contribution in [0.2, 0.25) is 0 Å². The molecule has 0 saturated heterocycles. The minimum Gasteiger partial charge on any atom is -0.496 e. The Balaban J connectivity index is 1.32. The lowest BCUT2D eigenvalue weighted by Gasteiger charge is -2.18. The van der Waals surface area contributed by atoms with Gasteiger partial charge in [0.2, 0.25) is 0 Å². The molecule has 0 fully saturated rings. The van der Waals surface area contributed by atoms with E-state index in [0.717, 1.165) is 11.3 Å². The maximum absolute atomic E-state index is 12.3. The second-order valence-corrected chi connectivity index (χ2v) is 7.69. The molecule has 0 N–H and O–H groups in total. The lowest BCUT2D eigenvalue weighted by molar-refractivity contribution is -0.121. The first-order valence-electron chi connectivity index (χ1n) is 11.1. The molecule has 1 aromatic heterocycles. The van der Waals surface area contributed by atoms with Crippen molar-refractivity contribution in [1.82, 2.24) is 4.98 Å². The van der Waals surface area contributed by atoms with E-state index in [4.69, 9.17) is 18.9 Å². The van der Waals surface area contributed by atoms with Crippen LogP contribution in [0, 0.1) is 0 Å². The molecule has 0 aliphatic carbocycles. The second-order valence-electron chi connectivity index (χ2n) is 7.69. The molecule has 35 heavy (non-hydrogen) atoms. The third-order valence-corrected chi connectivity index (χ3v) is 5.14. The first-order valence-corrected chi connectivity index (χ1v) is 11.1. The molecule has 7 nitrogen and oxygen atoms in total. The van der Waals surface area contributed by atoms with E-state index in [9.17, 15) is 9.59 Å². The summed E-state index contributed by atoms with van der Waals surface area (Å²) in [6, 6.07) is 16.4. The van der Waals surface area contributed by atoms with Crippen LogP contribution in [-0.2, 0) is 16.2 Å². The van der Waals surface area contributed by atoms with Gasteiger partial charge in [0.1, 0.15) is 31.3 Å². The van der Waals surface area contributed by atoms with Crippen molar-refractivity contribution in [2.24, 2.45) is 0 Å². The molecule has 3 aromatic rings. The molecular weight excluding hydrogens is 446 g/mol. The normalized spacial score (nSPS) is 12.6. The van der Waals surface area contributed by atoms with Crippen LogP contribution in [0.5, 0.6) is 23.0 Å². The average molecular weight is 472 g/mol. The number of nitrogens with zero attached hydrogens (tertiary/aromatic N) is 1. The van der Waals surface area contributed by atoms with Gasteiger partial charge in [-0.05, 0) is 60.2 Å². The Morgan fingerprint density at radius 1 is 0.943 bits per heavy atom. The molecule has 2 heterocycles. The zero-order valence-electron chi connectivity index (χ0n) is 19.3. The molecular formula is C28H25NO6. The predicted octanol–water partition coefficient (Wildman–Crippen LogP) is 4.70. The summed E-state index contributed by atoms with van der Waals surface area (Å²) in [6.45, 7) is 1.34. The number of rotatable bonds is 10. The Morgan fingerprint density at radius 2 is 1.74 bits per heavy atom. The molecule has 178 valence electrons. The summed E-state index contributed by atoms with van der Waals surface area (Å²) in [5.41, 5.74) is 2.31. The number of ether oxygens (including phenoxy) is 4. The molecule has 1 aliphatic heterocycles.